The summed E-state index contributed by atoms with van der Waals surface area (Å²) in [6.07, 6.45) is 11.4. The minimum Gasteiger partial charge on any atom is -0.500 e. The summed E-state index contributed by atoms with van der Waals surface area (Å²) in [4.78, 5) is 4.16. The van der Waals surface area contributed by atoms with Crippen LogP contribution >= 0.6 is 0 Å². The van der Waals surface area contributed by atoms with E-state index >= 15 is 0 Å². The van der Waals surface area contributed by atoms with E-state index in [4.69, 9.17) is 16.0 Å². The smallest absolute Gasteiger partial charge is 0.242 e. The van der Waals surface area contributed by atoms with Crippen molar-refractivity contribution >= 4 is 9.84 Å². The zero-order valence-corrected chi connectivity index (χ0v) is 22.8. The van der Waals surface area contributed by atoms with Gasteiger partial charge < -0.3 is 14.3 Å². The number of rotatable bonds is 5. The highest BCUT2D eigenvalue weighted by molar-refractivity contribution is 7.92. The Labute approximate surface area is 216 Å². The molecule has 1 aromatic carbocycles. The normalized spacial score (nSPS) is 36.2. The van der Waals surface area contributed by atoms with Crippen LogP contribution in [0.4, 0.5) is 0 Å². The van der Waals surface area contributed by atoms with Crippen LogP contribution in [0.5, 0.6) is 5.75 Å². The first-order valence-corrected chi connectivity index (χ1v) is 14.6. The van der Waals surface area contributed by atoms with Gasteiger partial charge in [-0.25, -0.2) is 15.0 Å². The Hall–Kier alpha value is -2.52. The zero-order chi connectivity index (χ0) is 25.9. The molecule has 1 aromatic rings. The number of hydrogen-bond acceptors (Lipinski definition) is 4. The van der Waals surface area contributed by atoms with Crippen molar-refractivity contribution in [1.29, 1.82) is 0 Å². The van der Waals surface area contributed by atoms with Gasteiger partial charge in [-0.05, 0) is 96.6 Å². The molecule has 5 nitrogen and oxygen atoms in total. The van der Waals surface area contributed by atoms with Gasteiger partial charge >= 0.3 is 0 Å². The number of benzene rings is 1. The molecule has 5 rings (SSSR count). The molecule has 0 N–H and O–H groups in total. The molecule has 0 saturated heterocycles. The van der Waals surface area contributed by atoms with Gasteiger partial charge in [0.05, 0.1) is 19.1 Å². The van der Waals surface area contributed by atoms with Crippen molar-refractivity contribution in [1.82, 2.24) is 0 Å². The number of nitrogens with zero attached hydrogens (tertiary/aromatic N) is 1. The molecule has 0 radical (unpaired) electrons. The van der Waals surface area contributed by atoms with Crippen LogP contribution in [-0.2, 0) is 14.6 Å². The molecule has 7 atom stereocenters. The number of sulfone groups is 1. The van der Waals surface area contributed by atoms with E-state index in [1.54, 1.807) is 38.5 Å². The molecule has 2 unspecified atom stereocenters. The third-order valence-electron chi connectivity index (χ3n) is 10.0. The minimum absolute atomic E-state index is 0.0669. The molecule has 1 fully saturated rings. The highest BCUT2D eigenvalue weighted by Crippen LogP contribution is 2.65. The van der Waals surface area contributed by atoms with Crippen LogP contribution in [0.25, 0.3) is 4.85 Å². The summed E-state index contributed by atoms with van der Waals surface area (Å²) in [6.45, 7) is 14.3. The van der Waals surface area contributed by atoms with Crippen LogP contribution in [0.2, 0.25) is 0 Å². The summed E-state index contributed by atoms with van der Waals surface area (Å²) in [5.41, 5.74) is 2.39. The maximum absolute atomic E-state index is 13.9. The molecule has 0 heterocycles. The Kier molecular flexibility index (Phi) is 6.15. The lowest BCUT2D eigenvalue weighted by molar-refractivity contribution is -0.0122. The van der Waals surface area contributed by atoms with Gasteiger partial charge in [-0.1, -0.05) is 26.0 Å². The second-order valence-electron chi connectivity index (χ2n) is 11.5. The first kappa shape index (κ1) is 25.1. The fourth-order valence-corrected chi connectivity index (χ4v) is 9.92. The lowest BCUT2D eigenvalue weighted by atomic mass is 9.48. The average Bonchev–Trinajstić information content (AvgIpc) is 3.24. The third-order valence-corrected chi connectivity index (χ3v) is 12.1. The summed E-state index contributed by atoms with van der Waals surface area (Å²) in [5.74, 6) is 2.58. The summed E-state index contributed by atoms with van der Waals surface area (Å²) in [7, 11) is -0.496. The summed E-state index contributed by atoms with van der Waals surface area (Å²) in [6, 6.07) is 6.60. The van der Waals surface area contributed by atoms with Crippen LogP contribution in [0.1, 0.15) is 52.9 Å². The maximum atomic E-state index is 13.9. The van der Waals surface area contributed by atoms with Gasteiger partial charge in [0.25, 0.3) is 0 Å². The Balaban J connectivity index is 1.50. The molecule has 0 aromatic heterocycles. The predicted molar refractivity (Wildman–Crippen MR) is 141 cm³/mol. The van der Waals surface area contributed by atoms with Gasteiger partial charge in [0, 0.05) is 12.5 Å². The number of methoxy groups -OCH3 is 2. The van der Waals surface area contributed by atoms with Crippen LogP contribution in [0.15, 0.2) is 64.3 Å². The van der Waals surface area contributed by atoms with E-state index in [-0.39, 0.29) is 16.9 Å². The molecule has 36 heavy (non-hydrogen) atoms. The quantitative estimate of drug-likeness (QED) is 0.342. The topological polar surface area (TPSA) is 57.0 Å². The van der Waals surface area contributed by atoms with Crippen LogP contribution in [-0.4, -0.2) is 33.9 Å². The van der Waals surface area contributed by atoms with Crippen LogP contribution < -0.4 is 4.74 Å². The monoisotopic (exact) mass is 507 g/mol. The second kappa shape index (κ2) is 8.80. The van der Waals surface area contributed by atoms with Crippen LogP contribution in [0, 0.1) is 35.2 Å². The van der Waals surface area contributed by atoms with E-state index in [9.17, 15) is 8.42 Å². The molecule has 0 aliphatic heterocycles. The SMILES string of the molecule is [C-]#[N+]C(C)C1=CC[C@H]2[C@@H]3CC=C4C=C(OC)C(S(=O)(=O)c5ccc(OC)cc5)C[C@]4(C)[C@H]3CC[C@]12C. The number of fused-ring (bicyclic) bond motifs is 5. The first-order chi connectivity index (χ1) is 17.1. The van der Waals surface area contributed by atoms with Crippen molar-refractivity contribution in [3.05, 3.63) is 70.8 Å². The molecule has 6 heteroatoms. The van der Waals surface area contributed by atoms with Gasteiger partial charge in [-0.15, -0.1) is 0 Å². The number of ether oxygens (including phenoxy) is 2. The van der Waals surface area contributed by atoms with Crippen molar-refractivity contribution in [3.8, 4) is 5.75 Å². The molecule has 0 amide bonds. The van der Waals surface area contributed by atoms with Crippen molar-refractivity contribution in [2.45, 2.75) is 69.1 Å². The Morgan fingerprint density at radius 3 is 2.39 bits per heavy atom. The molecular weight excluding hydrogens is 470 g/mol. The van der Waals surface area contributed by atoms with E-state index in [2.05, 4.69) is 30.8 Å². The van der Waals surface area contributed by atoms with Crippen molar-refractivity contribution < 1.29 is 17.9 Å². The van der Waals surface area contributed by atoms with E-state index in [0.29, 0.717) is 40.6 Å². The zero-order valence-electron chi connectivity index (χ0n) is 22.0. The molecule has 0 bridgehead atoms. The fourth-order valence-electron chi connectivity index (χ4n) is 8.04. The Bertz CT molecular complexity index is 1280. The molecule has 192 valence electrons. The lowest BCUT2D eigenvalue weighted by Gasteiger charge is -2.57. The second-order valence-corrected chi connectivity index (χ2v) is 13.6. The van der Waals surface area contributed by atoms with E-state index in [0.717, 1.165) is 25.7 Å². The molecule has 4 aliphatic rings. The van der Waals surface area contributed by atoms with Gasteiger partial charge in [-0.2, -0.15) is 0 Å². The Morgan fingerprint density at radius 2 is 1.75 bits per heavy atom. The molecule has 0 spiro atoms. The van der Waals surface area contributed by atoms with Crippen LogP contribution in [0.3, 0.4) is 0 Å². The molecule has 4 aliphatic carbocycles. The third kappa shape index (κ3) is 3.57. The predicted octanol–water partition coefficient (Wildman–Crippen LogP) is 6.39. The standard InChI is InChI=1S/C30H37NO4S/c1-19(31-4)24-13-14-25-23-12-7-20-17-27(35-6)28(18-30(20,3)26(23)15-16-29(24,25)2)36(32,33)22-10-8-21(34-5)9-11-22/h7-11,13,17,19,23,25-26,28H,12,14-16,18H2,1-3,5-6H3/t19?,23-,25-,26-,28?,29+,30-/m0/s1. The van der Waals surface area contributed by atoms with Gasteiger partial charge in [0.1, 0.15) is 16.8 Å². The first-order valence-electron chi connectivity index (χ1n) is 13.0. The highest BCUT2D eigenvalue weighted by Gasteiger charge is 2.59. The number of hydrogen-bond donors (Lipinski definition) is 0. The fraction of sp³-hybridized carbons (Fsp3) is 0.567. The largest absolute Gasteiger partial charge is 0.500 e. The van der Waals surface area contributed by atoms with E-state index in [1.807, 2.05) is 13.0 Å². The van der Waals surface area contributed by atoms with Gasteiger partial charge in [-0.3, -0.25) is 0 Å². The summed E-state index contributed by atoms with van der Waals surface area (Å²) >= 11 is 0. The lowest BCUT2D eigenvalue weighted by Crippen LogP contribution is -2.51. The molecule has 1 saturated carbocycles. The van der Waals surface area contributed by atoms with Crippen molar-refractivity contribution in [2.75, 3.05) is 14.2 Å². The summed E-state index contributed by atoms with van der Waals surface area (Å²) in [5, 5.41) is -0.718. The van der Waals surface area contributed by atoms with Gasteiger partial charge in [0.2, 0.25) is 6.04 Å². The average molecular weight is 508 g/mol. The van der Waals surface area contributed by atoms with E-state index < -0.39 is 15.1 Å². The minimum atomic E-state index is -3.65. The maximum Gasteiger partial charge on any atom is 0.242 e. The highest BCUT2D eigenvalue weighted by atomic mass is 32.2. The van der Waals surface area contributed by atoms with E-state index in [1.165, 1.54) is 11.1 Å². The number of allylic oxidation sites excluding steroid dienone is 4. The summed E-state index contributed by atoms with van der Waals surface area (Å²) < 4.78 is 38.7. The van der Waals surface area contributed by atoms with Crippen molar-refractivity contribution in [3.63, 3.8) is 0 Å². The Morgan fingerprint density at radius 1 is 1.03 bits per heavy atom. The molecular formula is C30H37NO4S. The van der Waals surface area contributed by atoms with Gasteiger partial charge in [0.15, 0.2) is 9.84 Å². The van der Waals surface area contributed by atoms with Crippen molar-refractivity contribution in [2.24, 2.45) is 28.6 Å².